The molecule has 108 valence electrons. The number of hydrogen-bond acceptors (Lipinski definition) is 6. The van der Waals surface area contributed by atoms with Crippen LogP contribution in [0.1, 0.15) is 6.42 Å². The Morgan fingerprint density at radius 3 is 3.05 bits per heavy atom. The van der Waals surface area contributed by atoms with E-state index in [2.05, 4.69) is 4.98 Å². The second-order valence-electron chi connectivity index (χ2n) is 4.28. The van der Waals surface area contributed by atoms with Crippen LogP contribution in [0.25, 0.3) is 0 Å². The van der Waals surface area contributed by atoms with Crippen molar-refractivity contribution >= 4 is 29.1 Å². The minimum Gasteiger partial charge on any atom is -0.481 e. The van der Waals surface area contributed by atoms with Crippen LogP contribution >= 0.6 is 11.6 Å². The Kier molecular flexibility index (Phi) is 4.35. The summed E-state index contributed by atoms with van der Waals surface area (Å²) >= 11 is 6.01. The van der Waals surface area contributed by atoms with E-state index in [-0.39, 0.29) is 23.7 Å². The summed E-state index contributed by atoms with van der Waals surface area (Å²) in [6.45, 7) is 1.11. The van der Waals surface area contributed by atoms with Crippen molar-refractivity contribution in [1.29, 1.82) is 0 Å². The molecule has 1 saturated heterocycles. The van der Waals surface area contributed by atoms with Crippen LogP contribution < -0.4 is 4.90 Å². The lowest BCUT2D eigenvalue weighted by Crippen LogP contribution is -2.47. The van der Waals surface area contributed by atoms with E-state index in [0.29, 0.717) is 19.0 Å². The first-order valence-corrected chi connectivity index (χ1v) is 6.23. The summed E-state index contributed by atoms with van der Waals surface area (Å²) in [6.07, 6.45) is 0.990. The first kappa shape index (κ1) is 14.5. The fourth-order valence-corrected chi connectivity index (χ4v) is 2.31. The van der Waals surface area contributed by atoms with Gasteiger partial charge >= 0.3 is 5.97 Å². The highest BCUT2D eigenvalue weighted by Crippen LogP contribution is 2.29. The molecule has 0 amide bonds. The second-order valence-corrected chi connectivity index (χ2v) is 4.68. The lowest BCUT2D eigenvalue weighted by molar-refractivity contribution is -0.385. The number of carbonyl (C=O) groups is 1. The van der Waals surface area contributed by atoms with Crippen molar-refractivity contribution in [1.82, 2.24) is 4.98 Å². The third kappa shape index (κ3) is 3.14. The average molecular weight is 302 g/mol. The van der Waals surface area contributed by atoms with Gasteiger partial charge in [-0.15, -0.1) is 0 Å². The zero-order valence-electron chi connectivity index (χ0n) is 10.4. The number of aromatic nitrogens is 1. The molecule has 20 heavy (non-hydrogen) atoms. The number of nitrogens with zero attached hydrogens (tertiary/aromatic N) is 3. The van der Waals surface area contributed by atoms with E-state index in [1.165, 1.54) is 6.07 Å². The van der Waals surface area contributed by atoms with Crippen LogP contribution in [0.5, 0.6) is 0 Å². The molecule has 1 aromatic rings. The van der Waals surface area contributed by atoms with E-state index < -0.39 is 16.9 Å². The minimum atomic E-state index is -0.955. The SMILES string of the molecule is O=C(O)CC1COCCN1c1ncc([N+](=O)[O-])cc1Cl. The lowest BCUT2D eigenvalue weighted by atomic mass is 10.1. The topological polar surface area (TPSA) is 106 Å². The first-order chi connectivity index (χ1) is 9.49. The molecular formula is C11H12ClN3O5. The lowest BCUT2D eigenvalue weighted by Gasteiger charge is -2.36. The van der Waals surface area contributed by atoms with E-state index in [1.807, 2.05) is 0 Å². The van der Waals surface area contributed by atoms with Gasteiger partial charge in [0.15, 0.2) is 0 Å². The summed E-state index contributed by atoms with van der Waals surface area (Å²) in [6, 6.07) is 0.810. The molecule has 1 fully saturated rings. The number of morpholine rings is 1. The monoisotopic (exact) mass is 301 g/mol. The predicted molar refractivity (Wildman–Crippen MR) is 70.1 cm³/mol. The van der Waals surface area contributed by atoms with E-state index in [1.54, 1.807) is 4.90 Å². The minimum absolute atomic E-state index is 0.116. The van der Waals surface area contributed by atoms with Crippen LogP contribution in [0.3, 0.4) is 0 Å². The zero-order chi connectivity index (χ0) is 14.7. The van der Waals surface area contributed by atoms with Gasteiger partial charge < -0.3 is 14.7 Å². The van der Waals surface area contributed by atoms with Crippen molar-refractivity contribution in [3.63, 3.8) is 0 Å². The Bertz CT molecular complexity index is 539. The number of ether oxygens (including phenoxy) is 1. The molecule has 1 aliphatic rings. The van der Waals surface area contributed by atoms with Gasteiger partial charge in [-0.1, -0.05) is 11.6 Å². The molecule has 0 bridgehead atoms. The van der Waals surface area contributed by atoms with E-state index in [0.717, 1.165) is 6.20 Å². The molecule has 8 nitrogen and oxygen atoms in total. The summed E-state index contributed by atoms with van der Waals surface area (Å²) < 4.78 is 5.25. The van der Waals surface area contributed by atoms with Gasteiger partial charge in [-0.3, -0.25) is 14.9 Å². The summed E-state index contributed by atoms with van der Waals surface area (Å²) in [5.74, 6) is -0.615. The molecule has 1 aliphatic heterocycles. The van der Waals surface area contributed by atoms with Crippen LogP contribution in [0, 0.1) is 10.1 Å². The molecule has 0 radical (unpaired) electrons. The maximum Gasteiger partial charge on any atom is 0.305 e. The van der Waals surface area contributed by atoms with Gasteiger partial charge in [0.25, 0.3) is 5.69 Å². The van der Waals surface area contributed by atoms with Gasteiger partial charge in [-0.2, -0.15) is 0 Å². The first-order valence-electron chi connectivity index (χ1n) is 5.85. The van der Waals surface area contributed by atoms with Crippen LogP contribution in [0.4, 0.5) is 11.5 Å². The molecule has 0 aliphatic carbocycles. The number of carboxylic acids is 1. The fraction of sp³-hybridized carbons (Fsp3) is 0.455. The molecule has 2 rings (SSSR count). The second kappa shape index (κ2) is 6.02. The maximum atomic E-state index is 10.8. The number of anilines is 1. The van der Waals surface area contributed by atoms with Crippen molar-refractivity contribution in [3.05, 3.63) is 27.4 Å². The zero-order valence-corrected chi connectivity index (χ0v) is 11.1. The molecule has 0 aromatic carbocycles. The standard InChI is InChI=1S/C11H12ClN3O5/c12-9-3-7(15(18)19)5-13-11(9)14-1-2-20-6-8(14)4-10(16)17/h3,5,8H,1-2,4,6H2,(H,16,17). The molecular weight excluding hydrogens is 290 g/mol. The van der Waals surface area contributed by atoms with Crippen molar-refractivity contribution in [2.45, 2.75) is 12.5 Å². The Hall–Kier alpha value is -1.93. The van der Waals surface area contributed by atoms with E-state index in [9.17, 15) is 14.9 Å². The Morgan fingerprint density at radius 1 is 1.70 bits per heavy atom. The van der Waals surface area contributed by atoms with Gasteiger partial charge in [0, 0.05) is 12.6 Å². The quantitative estimate of drug-likeness (QED) is 0.660. The van der Waals surface area contributed by atoms with E-state index >= 15 is 0 Å². The highest BCUT2D eigenvalue weighted by molar-refractivity contribution is 6.33. The van der Waals surface area contributed by atoms with Crippen molar-refractivity contribution in [2.75, 3.05) is 24.7 Å². The molecule has 2 heterocycles. The highest BCUT2D eigenvalue weighted by atomic mass is 35.5. The van der Waals surface area contributed by atoms with Crippen LogP contribution in [-0.2, 0) is 9.53 Å². The Morgan fingerprint density at radius 2 is 2.45 bits per heavy atom. The summed E-state index contributed by atoms with van der Waals surface area (Å²) in [4.78, 5) is 26.6. The predicted octanol–water partition coefficient (Wildman–Crippen LogP) is 1.32. The van der Waals surface area contributed by atoms with Gasteiger partial charge in [-0.25, -0.2) is 4.98 Å². The summed E-state index contributed by atoms with van der Waals surface area (Å²) in [7, 11) is 0. The maximum absolute atomic E-state index is 10.8. The number of halogens is 1. The summed E-state index contributed by atoms with van der Waals surface area (Å²) in [5, 5.41) is 19.7. The highest BCUT2D eigenvalue weighted by Gasteiger charge is 2.28. The van der Waals surface area contributed by atoms with Gasteiger partial charge in [0.1, 0.15) is 12.0 Å². The van der Waals surface area contributed by atoms with Crippen LogP contribution in [0.15, 0.2) is 12.3 Å². The molecule has 0 saturated carbocycles. The largest absolute Gasteiger partial charge is 0.481 e. The summed E-state index contributed by atoms with van der Waals surface area (Å²) in [5.41, 5.74) is -0.207. The van der Waals surface area contributed by atoms with Gasteiger partial charge in [-0.05, 0) is 0 Å². The van der Waals surface area contributed by atoms with Crippen molar-refractivity contribution in [2.24, 2.45) is 0 Å². The van der Waals surface area contributed by atoms with Gasteiger partial charge in [0.2, 0.25) is 0 Å². The van der Waals surface area contributed by atoms with Gasteiger partial charge in [0.05, 0.1) is 35.6 Å². The molecule has 1 unspecified atom stereocenters. The normalized spacial score (nSPS) is 18.9. The van der Waals surface area contributed by atoms with E-state index in [4.69, 9.17) is 21.4 Å². The number of carboxylic acid groups (broad SMARTS) is 1. The van der Waals surface area contributed by atoms with Crippen LogP contribution in [0.2, 0.25) is 5.02 Å². The van der Waals surface area contributed by atoms with Crippen molar-refractivity contribution in [3.8, 4) is 0 Å². The number of nitro groups is 1. The Labute approximate surface area is 119 Å². The fourth-order valence-electron chi connectivity index (χ4n) is 2.04. The van der Waals surface area contributed by atoms with Crippen LogP contribution in [-0.4, -0.2) is 46.8 Å². The molecule has 9 heteroatoms. The molecule has 0 spiro atoms. The number of rotatable bonds is 4. The molecule has 1 atom stereocenters. The number of hydrogen-bond donors (Lipinski definition) is 1. The molecule has 1 N–H and O–H groups in total. The number of pyridine rings is 1. The average Bonchev–Trinajstić information content (AvgIpc) is 2.39. The third-order valence-electron chi connectivity index (χ3n) is 2.93. The number of aliphatic carboxylic acids is 1. The molecule has 1 aromatic heterocycles. The van der Waals surface area contributed by atoms with Crippen molar-refractivity contribution < 1.29 is 19.6 Å². The third-order valence-corrected chi connectivity index (χ3v) is 3.21. The smallest absolute Gasteiger partial charge is 0.305 e. The Balaban J connectivity index is 2.27.